The third kappa shape index (κ3) is 3.19. The van der Waals surface area contributed by atoms with Crippen LogP contribution >= 0.6 is 39.3 Å². The third-order valence-electron chi connectivity index (χ3n) is 3.51. The maximum atomic E-state index is 12.8. The fourth-order valence-corrected chi connectivity index (χ4v) is 6.16. The SMILES string of the molecule is Cc1cc(CCl)cc(S(=O)(=O)N(C)C2CCSC2)c1Br. The Bertz CT molecular complexity index is 601. The van der Waals surface area contributed by atoms with Crippen LogP contribution in [-0.2, 0) is 15.9 Å². The van der Waals surface area contributed by atoms with Crippen molar-refractivity contribution in [3.63, 3.8) is 0 Å². The molecule has 7 heteroatoms. The normalized spacial score (nSPS) is 19.8. The minimum atomic E-state index is -3.49. The number of benzene rings is 1. The number of hydrogen-bond acceptors (Lipinski definition) is 3. The van der Waals surface area contributed by atoms with E-state index in [0.29, 0.717) is 15.2 Å². The Hall–Kier alpha value is 0.250. The number of hydrogen-bond donors (Lipinski definition) is 0. The molecule has 1 aliphatic rings. The number of aryl methyl sites for hydroxylation is 1. The van der Waals surface area contributed by atoms with Crippen LogP contribution in [0.5, 0.6) is 0 Å². The quantitative estimate of drug-likeness (QED) is 0.727. The van der Waals surface area contributed by atoms with E-state index in [0.717, 1.165) is 29.1 Å². The molecule has 20 heavy (non-hydrogen) atoms. The van der Waals surface area contributed by atoms with E-state index in [1.54, 1.807) is 24.9 Å². The molecule has 0 amide bonds. The van der Waals surface area contributed by atoms with E-state index in [1.807, 2.05) is 13.0 Å². The Labute approximate surface area is 138 Å². The van der Waals surface area contributed by atoms with E-state index in [1.165, 1.54) is 4.31 Å². The van der Waals surface area contributed by atoms with Gasteiger partial charge in [0.1, 0.15) is 0 Å². The Morgan fingerprint density at radius 2 is 2.20 bits per heavy atom. The van der Waals surface area contributed by atoms with Gasteiger partial charge in [-0.1, -0.05) is 6.07 Å². The van der Waals surface area contributed by atoms with Crippen LogP contribution in [0.25, 0.3) is 0 Å². The van der Waals surface area contributed by atoms with Crippen molar-refractivity contribution in [3.8, 4) is 0 Å². The van der Waals surface area contributed by atoms with Crippen molar-refractivity contribution in [2.24, 2.45) is 0 Å². The van der Waals surface area contributed by atoms with Crippen molar-refractivity contribution in [2.45, 2.75) is 30.2 Å². The molecule has 1 aromatic rings. The van der Waals surface area contributed by atoms with E-state index >= 15 is 0 Å². The summed E-state index contributed by atoms with van der Waals surface area (Å²) in [4.78, 5) is 0.313. The molecular weight excluding hydrogens is 382 g/mol. The molecule has 1 unspecified atom stereocenters. The Balaban J connectivity index is 2.45. The van der Waals surface area contributed by atoms with Gasteiger partial charge in [0.15, 0.2) is 0 Å². The summed E-state index contributed by atoms with van der Waals surface area (Å²) in [5.74, 6) is 2.19. The largest absolute Gasteiger partial charge is 0.244 e. The van der Waals surface area contributed by atoms with Gasteiger partial charge in [-0.3, -0.25) is 0 Å². The van der Waals surface area contributed by atoms with Crippen LogP contribution in [0.3, 0.4) is 0 Å². The monoisotopic (exact) mass is 397 g/mol. The van der Waals surface area contributed by atoms with Crippen molar-refractivity contribution in [1.82, 2.24) is 4.31 Å². The molecule has 1 saturated heterocycles. The lowest BCUT2D eigenvalue weighted by Gasteiger charge is -2.24. The number of rotatable bonds is 4. The zero-order valence-corrected chi connectivity index (χ0v) is 15.4. The van der Waals surface area contributed by atoms with Gasteiger partial charge in [-0.25, -0.2) is 8.42 Å². The van der Waals surface area contributed by atoms with Gasteiger partial charge < -0.3 is 0 Å². The molecule has 3 nitrogen and oxygen atoms in total. The van der Waals surface area contributed by atoms with E-state index in [9.17, 15) is 8.42 Å². The molecule has 1 fully saturated rings. The standard InChI is InChI=1S/C13H17BrClNO2S2/c1-9-5-10(7-15)6-12(13(9)14)20(17,18)16(2)11-3-4-19-8-11/h5-6,11H,3-4,7-8H2,1-2H3. The summed E-state index contributed by atoms with van der Waals surface area (Å²) in [5, 5.41) is 0. The van der Waals surface area contributed by atoms with Crippen LogP contribution in [0, 0.1) is 6.92 Å². The van der Waals surface area contributed by atoms with Crippen LogP contribution < -0.4 is 0 Å². The van der Waals surface area contributed by atoms with Crippen molar-refractivity contribution in [1.29, 1.82) is 0 Å². The minimum Gasteiger partial charge on any atom is -0.207 e. The molecule has 2 rings (SSSR count). The first-order valence-corrected chi connectivity index (χ1v) is 10.2. The predicted octanol–water partition coefficient (Wildman–Crippen LogP) is 3.62. The van der Waals surface area contributed by atoms with Gasteiger partial charge in [0.2, 0.25) is 10.0 Å². The molecule has 0 aromatic heterocycles. The highest BCUT2D eigenvalue weighted by Crippen LogP contribution is 2.32. The fraction of sp³-hybridized carbons (Fsp3) is 0.538. The first-order chi connectivity index (χ1) is 9.37. The fourth-order valence-electron chi connectivity index (χ4n) is 2.23. The Kier molecular flexibility index (Phi) is 5.46. The highest BCUT2D eigenvalue weighted by Gasteiger charge is 2.32. The van der Waals surface area contributed by atoms with Gasteiger partial charge in [0, 0.05) is 29.2 Å². The van der Waals surface area contributed by atoms with Crippen LogP contribution in [0.4, 0.5) is 0 Å². The lowest BCUT2D eigenvalue weighted by Crippen LogP contribution is -2.37. The molecule has 0 spiro atoms. The summed E-state index contributed by atoms with van der Waals surface area (Å²) in [5.41, 5.74) is 1.70. The Morgan fingerprint density at radius 3 is 2.75 bits per heavy atom. The lowest BCUT2D eigenvalue weighted by molar-refractivity contribution is 0.394. The predicted molar refractivity (Wildman–Crippen MR) is 89.1 cm³/mol. The van der Waals surface area contributed by atoms with Crippen LogP contribution in [-0.4, -0.2) is 37.3 Å². The van der Waals surface area contributed by atoms with Crippen molar-refractivity contribution in [2.75, 3.05) is 18.6 Å². The highest BCUT2D eigenvalue weighted by atomic mass is 79.9. The molecular formula is C13H17BrClNO2S2. The number of nitrogens with zero attached hydrogens (tertiary/aromatic N) is 1. The van der Waals surface area contributed by atoms with Gasteiger partial charge in [0.25, 0.3) is 0 Å². The van der Waals surface area contributed by atoms with E-state index in [2.05, 4.69) is 15.9 Å². The number of alkyl halides is 1. The average Bonchev–Trinajstić information content (AvgIpc) is 2.94. The van der Waals surface area contributed by atoms with E-state index in [-0.39, 0.29) is 6.04 Å². The number of halogens is 2. The van der Waals surface area contributed by atoms with Crippen LogP contribution in [0.1, 0.15) is 17.5 Å². The van der Waals surface area contributed by atoms with Crippen molar-refractivity contribution in [3.05, 3.63) is 27.7 Å². The summed E-state index contributed by atoms with van der Waals surface area (Å²) >= 11 is 11.1. The summed E-state index contributed by atoms with van der Waals surface area (Å²) in [7, 11) is -1.83. The first kappa shape index (κ1) is 16.6. The second-order valence-corrected chi connectivity index (χ2v) is 9.07. The zero-order valence-electron chi connectivity index (χ0n) is 11.4. The number of sulfonamides is 1. The second-order valence-electron chi connectivity index (χ2n) is 4.90. The van der Waals surface area contributed by atoms with Crippen LogP contribution in [0.15, 0.2) is 21.5 Å². The summed E-state index contributed by atoms with van der Waals surface area (Å²) in [6.45, 7) is 1.88. The van der Waals surface area contributed by atoms with E-state index < -0.39 is 10.0 Å². The van der Waals surface area contributed by atoms with Gasteiger partial charge in [-0.2, -0.15) is 16.1 Å². The first-order valence-electron chi connectivity index (χ1n) is 6.28. The molecule has 0 aliphatic carbocycles. The molecule has 112 valence electrons. The van der Waals surface area contributed by atoms with Crippen LogP contribution in [0.2, 0.25) is 0 Å². The summed E-state index contributed by atoms with van der Waals surface area (Å²) in [6, 6.07) is 3.65. The summed E-state index contributed by atoms with van der Waals surface area (Å²) < 4.78 is 27.7. The van der Waals surface area contributed by atoms with Crippen molar-refractivity contribution >= 4 is 49.3 Å². The highest BCUT2D eigenvalue weighted by molar-refractivity contribution is 9.10. The minimum absolute atomic E-state index is 0.0804. The van der Waals surface area contributed by atoms with E-state index in [4.69, 9.17) is 11.6 Å². The molecule has 0 saturated carbocycles. The molecule has 1 atom stereocenters. The lowest BCUT2D eigenvalue weighted by atomic mass is 10.2. The molecule has 0 bridgehead atoms. The Morgan fingerprint density at radius 1 is 1.50 bits per heavy atom. The second kappa shape index (κ2) is 6.57. The van der Waals surface area contributed by atoms with Crippen molar-refractivity contribution < 1.29 is 8.42 Å². The summed E-state index contributed by atoms with van der Waals surface area (Å²) in [6.07, 6.45) is 0.909. The average molecular weight is 399 g/mol. The third-order valence-corrected chi connectivity index (χ3v) is 8.21. The smallest absolute Gasteiger partial charge is 0.207 e. The zero-order chi connectivity index (χ0) is 14.9. The number of thioether (sulfide) groups is 1. The van der Waals surface area contributed by atoms with Gasteiger partial charge in [-0.15, -0.1) is 11.6 Å². The van der Waals surface area contributed by atoms with Gasteiger partial charge in [0.05, 0.1) is 4.90 Å². The van der Waals surface area contributed by atoms with Gasteiger partial charge >= 0.3 is 0 Å². The molecule has 1 aliphatic heterocycles. The molecule has 0 N–H and O–H groups in total. The molecule has 1 aromatic carbocycles. The topological polar surface area (TPSA) is 37.4 Å². The maximum absolute atomic E-state index is 12.8. The molecule has 0 radical (unpaired) electrons. The molecule has 1 heterocycles. The van der Waals surface area contributed by atoms with Gasteiger partial charge in [-0.05, 0) is 52.2 Å². The maximum Gasteiger partial charge on any atom is 0.244 e.